The molecular weight excluding hydrogens is 316 g/mol. The molecule has 0 aliphatic carbocycles. The molecule has 1 aliphatic rings. The van der Waals surface area contributed by atoms with Gasteiger partial charge in [0.15, 0.2) is 0 Å². The van der Waals surface area contributed by atoms with Gasteiger partial charge in [0.2, 0.25) is 0 Å². The standard InChI is InChI=1S/C18H28N6O/c1-12(10-16-13(2)22-23(4)14(16)3)20-18(25)24-9-5-6-15(11-24)17-7-8-19-21-17/h7-8,12,15H,5-6,9-11H2,1-4H3,(H,19,21)(H,20,25)/t12-,15-/m0/s1. The van der Waals surface area contributed by atoms with Crippen LogP contribution in [-0.4, -0.2) is 50.0 Å². The lowest BCUT2D eigenvalue weighted by Crippen LogP contribution is -2.48. The molecule has 7 nitrogen and oxygen atoms in total. The Bertz CT molecular complexity index is 720. The van der Waals surface area contributed by atoms with Crippen LogP contribution in [0.2, 0.25) is 0 Å². The molecule has 0 unspecified atom stereocenters. The number of likely N-dealkylation sites (tertiary alicyclic amines) is 1. The molecular formula is C18H28N6O. The lowest BCUT2D eigenvalue weighted by molar-refractivity contribution is 0.176. The van der Waals surface area contributed by atoms with Gasteiger partial charge < -0.3 is 10.2 Å². The van der Waals surface area contributed by atoms with Crippen molar-refractivity contribution in [2.45, 2.75) is 52.0 Å². The number of hydrogen-bond donors (Lipinski definition) is 2. The van der Waals surface area contributed by atoms with Crippen molar-refractivity contribution in [2.75, 3.05) is 13.1 Å². The highest BCUT2D eigenvalue weighted by Gasteiger charge is 2.26. The van der Waals surface area contributed by atoms with Gasteiger partial charge in [-0.15, -0.1) is 0 Å². The highest BCUT2D eigenvalue weighted by Crippen LogP contribution is 2.25. The van der Waals surface area contributed by atoms with Crippen LogP contribution in [0.5, 0.6) is 0 Å². The first kappa shape index (κ1) is 17.5. The second-order valence-electron chi connectivity index (χ2n) is 7.12. The van der Waals surface area contributed by atoms with E-state index in [-0.39, 0.29) is 12.1 Å². The summed E-state index contributed by atoms with van der Waals surface area (Å²) >= 11 is 0. The van der Waals surface area contributed by atoms with E-state index < -0.39 is 0 Å². The fraction of sp³-hybridized carbons (Fsp3) is 0.611. The number of carbonyl (C=O) groups excluding carboxylic acids is 1. The first-order chi connectivity index (χ1) is 12.0. The SMILES string of the molecule is Cc1nn(C)c(C)c1C[C@H](C)NC(=O)N1CCC[C@H](c2ccn[nH]2)C1. The van der Waals surface area contributed by atoms with Crippen LogP contribution in [0.4, 0.5) is 4.79 Å². The number of piperidine rings is 1. The second kappa shape index (κ2) is 7.29. The van der Waals surface area contributed by atoms with Crippen molar-refractivity contribution in [1.82, 2.24) is 30.2 Å². The number of nitrogens with one attached hydrogen (secondary N) is 2. The molecule has 1 fully saturated rings. The van der Waals surface area contributed by atoms with Crippen molar-refractivity contribution < 1.29 is 4.79 Å². The Morgan fingerprint density at radius 3 is 2.92 bits per heavy atom. The number of nitrogens with zero attached hydrogens (tertiary/aromatic N) is 4. The molecule has 0 aromatic carbocycles. The Balaban J connectivity index is 1.57. The van der Waals surface area contributed by atoms with Gasteiger partial charge in [0.05, 0.1) is 5.69 Å². The molecule has 2 atom stereocenters. The van der Waals surface area contributed by atoms with Gasteiger partial charge in [-0.2, -0.15) is 10.2 Å². The number of aromatic amines is 1. The van der Waals surface area contributed by atoms with Gasteiger partial charge in [-0.25, -0.2) is 4.79 Å². The molecule has 0 bridgehead atoms. The Morgan fingerprint density at radius 2 is 2.28 bits per heavy atom. The molecule has 0 radical (unpaired) electrons. The second-order valence-corrected chi connectivity index (χ2v) is 7.12. The minimum atomic E-state index is 0.0240. The van der Waals surface area contributed by atoms with Crippen LogP contribution in [0, 0.1) is 13.8 Å². The van der Waals surface area contributed by atoms with Gasteiger partial charge in [0.25, 0.3) is 0 Å². The van der Waals surface area contributed by atoms with Gasteiger partial charge in [0.1, 0.15) is 0 Å². The van der Waals surface area contributed by atoms with Crippen LogP contribution in [-0.2, 0) is 13.5 Å². The fourth-order valence-corrected chi connectivity index (χ4v) is 3.68. The van der Waals surface area contributed by atoms with Gasteiger partial charge >= 0.3 is 6.03 Å². The minimum absolute atomic E-state index is 0.0240. The van der Waals surface area contributed by atoms with E-state index in [0.717, 1.165) is 49.4 Å². The van der Waals surface area contributed by atoms with Gasteiger partial charge in [-0.1, -0.05) is 0 Å². The molecule has 0 spiro atoms. The largest absolute Gasteiger partial charge is 0.335 e. The van der Waals surface area contributed by atoms with Crippen molar-refractivity contribution in [3.05, 3.63) is 34.9 Å². The Kier molecular flexibility index (Phi) is 5.11. The topological polar surface area (TPSA) is 78.8 Å². The molecule has 25 heavy (non-hydrogen) atoms. The van der Waals surface area contributed by atoms with E-state index in [1.807, 2.05) is 29.6 Å². The maximum atomic E-state index is 12.7. The van der Waals surface area contributed by atoms with Crippen molar-refractivity contribution in [3.63, 3.8) is 0 Å². The Morgan fingerprint density at radius 1 is 1.48 bits per heavy atom. The number of aromatic nitrogens is 4. The van der Waals surface area contributed by atoms with E-state index >= 15 is 0 Å². The smallest absolute Gasteiger partial charge is 0.317 e. The van der Waals surface area contributed by atoms with E-state index in [1.165, 1.54) is 5.56 Å². The summed E-state index contributed by atoms with van der Waals surface area (Å²) in [5.74, 6) is 0.347. The molecule has 2 aromatic heterocycles. The van der Waals surface area contributed by atoms with Crippen LogP contribution in [0.15, 0.2) is 12.3 Å². The zero-order valence-corrected chi connectivity index (χ0v) is 15.5. The van der Waals surface area contributed by atoms with E-state index in [9.17, 15) is 4.79 Å². The number of H-pyrrole nitrogens is 1. The molecule has 3 heterocycles. The fourth-order valence-electron chi connectivity index (χ4n) is 3.68. The lowest BCUT2D eigenvalue weighted by Gasteiger charge is -2.33. The quantitative estimate of drug-likeness (QED) is 0.893. The first-order valence-electron chi connectivity index (χ1n) is 8.99. The first-order valence-corrected chi connectivity index (χ1v) is 8.99. The van der Waals surface area contributed by atoms with Crippen LogP contribution < -0.4 is 5.32 Å². The maximum Gasteiger partial charge on any atom is 0.317 e. The summed E-state index contributed by atoms with van der Waals surface area (Å²) < 4.78 is 1.90. The highest BCUT2D eigenvalue weighted by atomic mass is 16.2. The minimum Gasteiger partial charge on any atom is -0.335 e. The van der Waals surface area contributed by atoms with Crippen LogP contribution in [0.3, 0.4) is 0 Å². The summed E-state index contributed by atoms with van der Waals surface area (Å²) in [6.45, 7) is 7.71. The molecule has 2 N–H and O–H groups in total. The summed E-state index contributed by atoms with van der Waals surface area (Å²) in [6, 6.07) is 2.10. The van der Waals surface area contributed by atoms with E-state index in [2.05, 4.69) is 34.5 Å². The number of urea groups is 1. The third-order valence-corrected chi connectivity index (χ3v) is 5.21. The Labute approximate surface area is 148 Å². The average molecular weight is 344 g/mol. The molecule has 0 saturated carbocycles. The predicted octanol–water partition coefficient (Wildman–Crippen LogP) is 2.28. The number of rotatable bonds is 4. The normalized spacial score (nSPS) is 19.0. The third-order valence-electron chi connectivity index (χ3n) is 5.21. The molecule has 2 amide bonds. The zero-order valence-electron chi connectivity index (χ0n) is 15.5. The van der Waals surface area contributed by atoms with Crippen LogP contribution >= 0.6 is 0 Å². The number of amides is 2. The van der Waals surface area contributed by atoms with Crippen molar-refractivity contribution in [2.24, 2.45) is 7.05 Å². The Hall–Kier alpha value is -2.31. The average Bonchev–Trinajstić information content (AvgIpc) is 3.20. The third kappa shape index (κ3) is 3.86. The van der Waals surface area contributed by atoms with E-state index in [4.69, 9.17) is 0 Å². The highest BCUT2D eigenvalue weighted by molar-refractivity contribution is 5.74. The summed E-state index contributed by atoms with van der Waals surface area (Å²) in [7, 11) is 1.96. The van der Waals surface area contributed by atoms with E-state index in [0.29, 0.717) is 5.92 Å². The summed E-state index contributed by atoms with van der Waals surface area (Å²) in [5, 5.41) is 14.7. The number of aryl methyl sites for hydroxylation is 2. The molecule has 1 saturated heterocycles. The molecule has 2 aromatic rings. The maximum absolute atomic E-state index is 12.7. The molecule has 136 valence electrons. The molecule has 1 aliphatic heterocycles. The van der Waals surface area contributed by atoms with Gasteiger partial charge in [-0.05, 0) is 51.7 Å². The van der Waals surface area contributed by atoms with Gasteiger partial charge in [0, 0.05) is 49.7 Å². The molecule has 3 rings (SSSR count). The van der Waals surface area contributed by atoms with Crippen LogP contribution in [0.1, 0.15) is 48.3 Å². The number of carbonyl (C=O) groups is 1. The van der Waals surface area contributed by atoms with Crippen molar-refractivity contribution >= 4 is 6.03 Å². The van der Waals surface area contributed by atoms with Crippen molar-refractivity contribution in [3.8, 4) is 0 Å². The van der Waals surface area contributed by atoms with Crippen LogP contribution in [0.25, 0.3) is 0 Å². The predicted molar refractivity (Wildman–Crippen MR) is 96.5 cm³/mol. The molecule has 7 heteroatoms. The van der Waals surface area contributed by atoms with Gasteiger partial charge in [-0.3, -0.25) is 9.78 Å². The van der Waals surface area contributed by atoms with E-state index in [1.54, 1.807) is 6.20 Å². The zero-order chi connectivity index (χ0) is 18.0. The van der Waals surface area contributed by atoms with Crippen molar-refractivity contribution in [1.29, 1.82) is 0 Å². The monoisotopic (exact) mass is 344 g/mol. The lowest BCUT2D eigenvalue weighted by atomic mass is 9.95. The number of hydrogen-bond acceptors (Lipinski definition) is 3. The summed E-state index contributed by atoms with van der Waals surface area (Å²) in [4.78, 5) is 14.6. The summed E-state index contributed by atoms with van der Waals surface area (Å²) in [6.07, 6.45) is 4.69. The summed E-state index contributed by atoms with van der Waals surface area (Å²) in [5.41, 5.74) is 4.55.